The van der Waals surface area contributed by atoms with Crippen molar-refractivity contribution in [3.8, 4) is 11.5 Å². The van der Waals surface area contributed by atoms with Gasteiger partial charge in [0, 0.05) is 37.4 Å². The Morgan fingerprint density at radius 3 is 2.31 bits per heavy atom. The molecule has 2 aliphatic rings. The quantitative estimate of drug-likeness (QED) is 0.770. The molecule has 4 rings (SSSR count). The first-order valence-electron chi connectivity index (χ1n) is 8.75. The van der Waals surface area contributed by atoms with E-state index in [1.54, 1.807) is 6.07 Å². The third-order valence-electron chi connectivity index (χ3n) is 4.72. The molecule has 2 aromatic carbocycles. The summed E-state index contributed by atoms with van der Waals surface area (Å²) in [5.41, 5.74) is 1.94. The molecular formula is C20H23ClN2O3. The number of nitrogens with zero attached hydrogens (tertiary/aromatic N) is 2. The molecule has 26 heavy (non-hydrogen) atoms. The zero-order valence-corrected chi connectivity index (χ0v) is 15.4. The predicted molar refractivity (Wildman–Crippen MR) is 104 cm³/mol. The highest BCUT2D eigenvalue weighted by Crippen LogP contribution is 2.31. The monoisotopic (exact) mass is 374 g/mol. The van der Waals surface area contributed by atoms with Gasteiger partial charge in [-0.2, -0.15) is 0 Å². The van der Waals surface area contributed by atoms with Crippen molar-refractivity contribution in [2.45, 2.75) is 0 Å². The fraction of sp³-hybridized carbons (Fsp3) is 0.350. The van der Waals surface area contributed by atoms with Gasteiger partial charge in [0.2, 0.25) is 0 Å². The highest BCUT2D eigenvalue weighted by Gasteiger charge is 2.21. The van der Waals surface area contributed by atoms with Crippen LogP contribution in [0, 0.1) is 0 Å². The Bertz CT molecular complexity index is 746. The van der Waals surface area contributed by atoms with Crippen molar-refractivity contribution >= 4 is 23.9 Å². The molecule has 138 valence electrons. The van der Waals surface area contributed by atoms with Crippen LogP contribution in [-0.4, -0.2) is 56.6 Å². The second-order valence-corrected chi connectivity index (χ2v) is 6.38. The Hall–Kier alpha value is -2.24. The van der Waals surface area contributed by atoms with Gasteiger partial charge in [-0.15, -0.1) is 12.4 Å². The third-order valence-corrected chi connectivity index (χ3v) is 4.72. The fourth-order valence-electron chi connectivity index (χ4n) is 3.31. The topological polar surface area (TPSA) is 42.0 Å². The van der Waals surface area contributed by atoms with E-state index in [4.69, 9.17) is 9.47 Å². The lowest BCUT2D eigenvalue weighted by Gasteiger charge is -2.35. The Morgan fingerprint density at radius 2 is 1.58 bits per heavy atom. The van der Waals surface area contributed by atoms with Crippen molar-refractivity contribution in [2.24, 2.45) is 0 Å². The third kappa shape index (κ3) is 4.11. The minimum absolute atomic E-state index is 0. The van der Waals surface area contributed by atoms with Gasteiger partial charge in [0.15, 0.2) is 17.3 Å². The fourth-order valence-corrected chi connectivity index (χ4v) is 3.31. The van der Waals surface area contributed by atoms with Crippen LogP contribution < -0.4 is 14.4 Å². The zero-order chi connectivity index (χ0) is 17.1. The van der Waals surface area contributed by atoms with Crippen molar-refractivity contribution in [3.63, 3.8) is 0 Å². The summed E-state index contributed by atoms with van der Waals surface area (Å²) in [7, 11) is 0. The number of halogens is 1. The summed E-state index contributed by atoms with van der Waals surface area (Å²) in [5, 5.41) is 0. The van der Waals surface area contributed by atoms with Crippen LogP contribution in [0.2, 0.25) is 0 Å². The molecule has 0 amide bonds. The van der Waals surface area contributed by atoms with Gasteiger partial charge in [0.05, 0.1) is 6.54 Å². The van der Waals surface area contributed by atoms with Gasteiger partial charge in [-0.05, 0) is 30.3 Å². The predicted octanol–water partition coefficient (Wildman–Crippen LogP) is 2.88. The van der Waals surface area contributed by atoms with E-state index in [2.05, 4.69) is 34.1 Å². The van der Waals surface area contributed by atoms with Gasteiger partial charge < -0.3 is 14.4 Å². The molecule has 2 aromatic rings. The van der Waals surface area contributed by atoms with Crippen molar-refractivity contribution in [1.29, 1.82) is 0 Å². The first kappa shape index (κ1) is 18.5. The van der Waals surface area contributed by atoms with Gasteiger partial charge in [-0.25, -0.2) is 0 Å². The molecule has 5 nitrogen and oxygen atoms in total. The summed E-state index contributed by atoms with van der Waals surface area (Å²) < 4.78 is 11.1. The summed E-state index contributed by atoms with van der Waals surface area (Å²) in [5.74, 6) is 1.52. The zero-order valence-electron chi connectivity index (χ0n) is 14.6. The smallest absolute Gasteiger partial charge is 0.176 e. The SMILES string of the molecule is Cl.O=C(CN1CCN(c2ccccc2)CC1)c1ccc2c(c1)OCCO2. The van der Waals surface area contributed by atoms with Gasteiger partial charge in [0.1, 0.15) is 13.2 Å². The van der Waals surface area contributed by atoms with Gasteiger partial charge in [-0.1, -0.05) is 18.2 Å². The molecule has 2 aliphatic heterocycles. The molecule has 0 N–H and O–H groups in total. The summed E-state index contributed by atoms with van der Waals surface area (Å²) in [6.45, 7) is 5.22. The van der Waals surface area contributed by atoms with Crippen LogP contribution in [0.25, 0.3) is 0 Å². The van der Waals surface area contributed by atoms with Crippen LogP contribution >= 0.6 is 12.4 Å². The minimum Gasteiger partial charge on any atom is -0.486 e. The van der Waals surface area contributed by atoms with E-state index >= 15 is 0 Å². The summed E-state index contributed by atoms with van der Waals surface area (Å²) >= 11 is 0. The summed E-state index contributed by atoms with van der Waals surface area (Å²) in [6, 6.07) is 15.9. The maximum Gasteiger partial charge on any atom is 0.176 e. The lowest BCUT2D eigenvalue weighted by atomic mass is 10.1. The van der Waals surface area contributed by atoms with Gasteiger partial charge in [0.25, 0.3) is 0 Å². The van der Waals surface area contributed by atoms with E-state index in [0.717, 1.165) is 31.9 Å². The standard InChI is InChI=1S/C20H22N2O3.ClH/c23-18(16-6-7-19-20(14-16)25-13-12-24-19)15-21-8-10-22(11-9-21)17-4-2-1-3-5-17;/h1-7,14H,8-13,15H2;1H. The van der Waals surface area contributed by atoms with E-state index < -0.39 is 0 Å². The van der Waals surface area contributed by atoms with Crippen LogP contribution in [0.3, 0.4) is 0 Å². The Kier molecular flexibility index (Phi) is 6.01. The van der Waals surface area contributed by atoms with Crippen molar-refractivity contribution < 1.29 is 14.3 Å². The number of Topliss-reactive ketones (excluding diaryl/α,β-unsaturated/α-hetero) is 1. The number of fused-ring (bicyclic) bond motifs is 1. The first-order valence-corrected chi connectivity index (χ1v) is 8.75. The van der Waals surface area contributed by atoms with Crippen LogP contribution in [0.4, 0.5) is 5.69 Å². The Morgan fingerprint density at radius 1 is 0.885 bits per heavy atom. The molecule has 0 spiro atoms. The minimum atomic E-state index is 0. The van der Waals surface area contributed by atoms with E-state index in [-0.39, 0.29) is 18.2 Å². The molecule has 6 heteroatoms. The summed E-state index contributed by atoms with van der Waals surface area (Å²) in [4.78, 5) is 17.2. The number of carbonyl (C=O) groups is 1. The molecule has 0 bridgehead atoms. The average Bonchev–Trinajstić information content (AvgIpc) is 2.69. The highest BCUT2D eigenvalue weighted by atomic mass is 35.5. The maximum atomic E-state index is 12.6. The number of hydrogen-bond acceptors (Lipinski definition) is 5. The van der Waals surface area contributed by atoms with Crippen molar-refractivity contribution in [1.82, 2.24) is 4.90 Å². The number of rotatable bonds is 4. The lowest BCUT2D eigenvalue weighted by molar-refractivity contribution is 0.0925. The van der Waals surface area contributed by atoms with Crippen molar-refractivity contribution in [3.05, 3.63) is 54.1 Å². The van der Waals surface area contributed by atoms with Crippen molar-refractivity contribution in [2.75, 3.05) is 50.8 Å². The number of ether oxygens (including phenoxy) is 2. The number of hydrogen-bond donors (Lipinski definition) is 0. The number of para-hydroxylation sites is 1. The van der Waals surface area contributed by atoms with Crippen LogP contribution in [0.5, 0.6) is 11.5 Å². The molecule has 0 saturated carbocycles. The molecule has 2 heterocycles. The Labute approximate surface area is 159 Å². The second kappa shape index (κ2) is 8.43. The second-order valence-electron chi connectivity index (χ2n) is 6.38. The van der Waals surface area contributed by atoms with E-state index in [1.807, 2.05) is 18.2 Å². The number of carbonyl (C=O) groups excluding carboxylic acids is 1. The normalized spacial score (nSPS) is 16.7. The molecule has 0 atom stereocenters. The number of ketones is 1. The lowest BCUT2D eigenvalue weighted by Crippen LogP contribution is -2.48. The number of benzene rings is 2. The highest BCUT2D eigenvalue weighted by molar-refractivity contribution is 5.98. The van der Waals surface area contributed by atoms with Crippen LogP contribution in [0.1, 0.15) is 10.4 Å². The molecule has 0 unspecified atom stereocenters. The molecule has 0 aliphatic carbocycles. The molecular weight excluding hydrogens is 352 g/mol. The number of piperazine rings is 1. The van der Waals surface area contributed by atoms with Gasteiger partial charge in [-0.3, -0.25) is 9.69 Å². The molecule has 0 radical (unpaired) electrons. The summed E-state index contributed by atoms with van der Waals surface area (Å²) in [6.07, 6.45) is 0. The van der Waals surface area contributed by atoms with Crippen LogP contribution in [0.15, 0.2) is 48.5 Å². The van der Waals surface area contributed by atoms with E-state index in [1.165, 1.54) is 5.69 Å². The largest absolute Gasteiger partial charge is 0.486 e. The maximum absolute atomic E-state index is 12.6. The molecule has 1 saturated heterocycles. The van der Waals surface area contributed by atoms with Crippen LogP contribution in [-0.2, 0) is 0 Å². The van der Waals surface area contributed by atoms with Gasteiger partial charge >= 0.3 is 0 Å². The average molecular weight is 375 g/mol. The first-order chi connectivity index (χ1) is 12.3. The Balaban J connectivity index is 0.00000196. The molecule has 1 fully saturated rings. The number of anilines is 1. The molecule has 0 aromatic heterocycles. The van der Waals surface area contributed by atoms with E-state index in [0.29, 0.717) is 31.1 Å². The van der Waals surface area contributed by atoms with E-state index in [9.17, 15) is 4.79 Å².